The quantitative estimate of drug-likeness (QED) is 0.883. The van der Waals surface area contributed by atoms with Crippen LogP contribution in [-0.4, -0.2) is 37.5 Å². The Hall–Kier alpha value is -1.35. The van der Waals surface area contributed by atoms with Gasteiger partial charge in [-0.2, -0.15) is 0 Å². The van der Waals surface area contributed by atoms with Crippen molar-refractivity contribution in [1.29, 1.82) is 0 Å². The predicted molar refractivity (Wildman–Crippen MR) is 80.4 cm³/mol. The SMILES string of the molecule is Cc1ccccc1C(C)(C)C(=O)NC[C@@H](C)N(C)C. The van der Waals surface area contributed by atoms with E-state index >= 15 is 0 Å². The number of likely N-dealkylation sites (N-methyl/N-ethyl adjacent to an activating group) is 1. The van der Waals surface area contributed by atoms with Crippen LogP contribution in [-0.2, 0) is 10.2 Å². The summed E-state index contributed by atoms with van der Waals surface area (Å²) in [5.41, 5.74) is 1.74. The van der Waals surface area contributed by atoms with E-state index in [2.05, 4.69) is 17.1 Å². The first-order chi connectivity index (χ1) is 8.76. The average molecular weight is 262 g/mol. The molecule has 0 fully saturated rings. The number of rotatable bonds is 5. The minimum absolute atomic E-state index is 0.0792. The largest absolute Gasteiger partial charge is 0.354 e. The highest BCUT2D eigenvalue weighted by atomic mass is 16.2. The molecule has 3 nitrogen and oxygen atoms in total. The summed E-state index contributed by atoms with van der Waals surface area (Å²) >= 11 is 0. The van der Waals surface area contributed by atoms with Crippen molar-refractivity contribution in [3.63, 3.8) is 0 Å². The van der Waals surface area contributed by atoms with Gasteiger partial charge in [0.1, 0.15) is 0 Å². The Morgan fingerprint density at radius 3 is 2.42 bits per heavy atom. The highest BCUT2D eigenvalue weighted by Gasteiger charge is 2.30. The van der Waals surface area contributed by atoms with Crippen molar-refractivity contribution in [3.8, 4) is 0 Å². The standard InChI is InChI=1S/C16H26N2O/c1-12-9-7-8-10-14(12)16(3,4)15(19)17-11-13(2)18(5)6/h7-10,13H,11H2,1-6H3,(H,17,19)/t13-/m1/s1. The van der Waals surface area contributed by atoms with E-state index in [4.69, 9.17) is 0 Å². The third kappa shape index (κ3) is 3.80. The maximum absolute atomic E-state index is 12.4. The van der Waals surface area contributed by atoms with Gasteiger partial charge in [0.2, 0.25) is 5.91 Å². The summed E-state index contributed by atoms with van der Waals surface area (Å²) in [5, 5.41) is 3.05. The van der Waals surface area contributed by atoms with Gasteiger partial charge >= 0.3 is 0 Å². The Bertz CT molecular complexity index is 438. The Balaban J connectivity index is 2.78. The van der Waals surface area contributed by atoms with Crippen molar-refractivity contribution in [1.82, 2.24) is 10.2 Å². The number of nitrogens with one attached hydrogen (secondary N) is 1. The molecule has 0 aliphatic rings. The molecule has 0 saturated carbocycles. The van der Waals surface area contributed by atoms with Gasteiger partial charge in [-0.25, -0.2) is 0 Å². The Morgan fingerprint density at radius 2 is 1.89 bits per heavy atom. The minimum atomic E-state index is -0.503. The van der Waals surface area contributed by atoms with Crippen LogP contribution in [0.1, 0.15) is 31.9 Å². The number of hydrogen-bond acceptors (Lipinski definition) is 2. The fourth-order valence-electron chi connectivity index (χ4n) is 2.04. The molecule has 1 amide bonds. The van der Waals surface area contributed by atoms with Crippen LogP contribution in [0, 0.1) is 6.92 Å². The molecule has 0 aliphatic carbocycles. The molecule has 0 saturated heterocycles. The predicted octanol–water partition coefficient (Wildman–Crippen LogP) is 2.34. The maximum atomic E-state index is 12.4. The summed E-state index contributed by atoms with van der Waals surface area (Å²) in [6.45, 7) is 8.77. The minimum Gasteiger partial charge on any atom is -0.354 e. The van der Waals surface area contributed by atoms with Crippen LogP contribution in [0.3, 0.4) is 0 Å². The molecule has 1 rings (SSSR count). The zero-order valence-corrected chi connectivity index (χ0v) is 12.9. The van der Waals surface area contributed by atoms with Gasteiger partial charge in [0.05, 0.1) is 5.41 Å². The van der Waals surface area contributed by atoms with Crippen LogP contribution in [0.2, 0.25) is 0 Å². The average Bonchev–Trinajstić information content (AvgIpc) is 2.35. The molecule has 3 heteroatoms. The molecule has 1 aromatic carbocycles. The monoisotopic (exact) mass is 262 g/mol. The second-order valence-corrected chi connectivity index (χ2v) is 5.96. The number of hydrogen-bond donors (Lipinski definition) is 1. The lowest BCUT2D eigenvalue weighted by Gasteiger charge is -2.28. The van der Waals surface area contributed by atoms with E-state index in [1.165, 1.54) is 0 Å². The summed E-state index contributed by atoms with van der Waals surface area (Å²) in [7, 11) is 4.03. The van der Waals surface area contributed by atoms with E-state index < -0.39 is 5.41 Å². The second-order valence-electron chi connectivity index (χ2n) is 5.96. The number of nitrogens with zero attached hydrogens (tertiary/aromatic N) is 1. The van der Waals surface area contributed by atoms with Crippen molar-refractivity contribution in [3.05, 3.63) is 35.4 Å². The van der Waals surface area contributed by atoms with Crippen molar-refractivity contribution in [2.45, 2.75) is 39.2 Å². The van der Waals surface area contributed by atoms with Crippen LogP contribution in [0.5, 0.6) is 0 Å². The molecule has 19 heavy (non-hydrogen) atoms. The van der Waals surface area contributed by atoms with Crippen LogP contribution >= 0.6 is 0 Å². The molecule has 0 spiro atoms. The van der Waals surface area contributed by atoms with E-state index in [0.717, 1.165) is 11.1 Å². The highest BCUT2D eigenvalue weighted by molar-refractivity contribution is 5.87. The maximum Gasteiger partial charge on any atom is 0.230 e. The van der Waals surface area contributed by atoms with E-state index in [0.29, 0.717) is 12.6 Å². The van der Waals surface area contributed by atoms with E-state index in [1.54, 1.807) is 0 Å². The molecule has 1 aromatic rings. The van der Waals surface area contributed by atoms with E-state index in [1.807, 2.05) is 59.1 Å². The lowest BCUT2D eigenvalue weighted by Crippen LogP contribution is -2.45. The third-order valence-corrected chi connectivity index (χ3v) is 3.83. The first-order valence-electron chi connectivity index (χ1n) is 6.77. The number of carbonyl (C=O) groups is 1. The first kappa shape index (κ1) is 15.7. The molecular weight excluding hydrogens is 236 g/mol. The van der Waals surface area contributed by atoms with Crippen LogP contribution in [0.25, 0.3) is 0 Å². The fraction of sp³-hybridized carbons (Fsp3) is 0.562. The summed E-state index contributed by atoms with van der Waals surface area (Å²) in [6.07, 6.45) is 0. The summed E-state index contributed by atoms with van der Waals surface area (Å²) < 4.78 is 0. The van der Waals surface area contributed by atoms with E-state index in [9.17, 15) is 4.79 Å². The Morgan fingerprint density at radius 1 is 1.32 bits per heavy atom. The lowest BCUT2D eigenvalue weighted by atomic mass is 9.81. The lowest BCUT2D eigenvalue weighted by molar-refractivity contribution is -0.125. The normalized spacial score (nSPS) is 13.4. The molecule has 0 bridgehead atoms. The Kier molecular flexibility index (Phi) is 5.12. The number of benzene rings is 1. The number of aryl methyl sites for hydroxylation is 1. The van der Waals surface area contributed by atoms with Gasteiger partial charge in [-0.1, -0.05) is 24.3 Å². The van der Waals surface area contributed by atoms with Gasteiger partial charge in [0.15, 0.2) is 0 Å². The third-order valence-electron chi connectivity index (χ3n) is 3.83. The second kappa shape index (κ2) is 6.20. The summed E-state index contributed by atoms with van der Waals surface area (Å²) in [6, 6.07) is 8.40. The van der Waals surface area contributed by atoms with Gasteiger partial charge in [-0.05, 0) is 52.9 Å². The van der Waals surface area contributed by atoms with Gasteiger partial charge in [-0.15, -0.1) is 0 Å². The van der Waals surface area contributed by atoms with E-state index in [-0.39, 0.29) is 5.91 Å². The highest BCUT2D eigenvalue weighted by Crippen LogP contribution is 2.26. The van der Waals surface area contributed by atoms with Gasteiger partial charge < -0.3 is 10.2 Å². The molecular formula is C16H26N2O. The summed E-state index contributed by atoms with van der Waals surface area (Å²) in [4.78, 5) is 14.5. The van der Waals surface area contributed by atoms with Crippen LogP contribution < -0.4 is 5.32 Å². The first-order valence-corrected chi connectivity index (χ1v) is 6.77. The van der Waals surface area contributed by atoms with Crippen LogP contribution in [0.4, 0.5) is 0 Å². The van der Waals surface area contributed by atoms with Crippen molar-refractivity contribution in [2.75, 3.05) is 20.6 Å². The van der Waals surface area contributed by atoms with Gasteiger partial charge in [0, 0.05) is 12.6 Å². The van der Waals surface area contributed by atoms with Crippen molar-refractivity contribution >= 4 is 5.91 Å². The van der Waals surface area contributed by atoms with Crippen molar-refractivity contribution < 1.29 is 4.79 Å². The fourth-order valence-corrected chi connectivity index (χ4v) is 2.04. The molecule has 0 aliphatic heterocycles. The van der Waals surface area contributed by atoms with Crippen molar-refractivity contribution in [2.24, 2.45) is 0 Å². The molecule has 0 unspecified atom stereocenters. The molecule has 0 aromatic heterocycles. The summed E-state index contributed by atoms with van der Waals surface area (Å²) in [5.74, 6) is 0.0792. The zero-order valence-electron chi connectivity index (χ0n) is 12.9. The topological polar surface area (TPSA) is 32.3 Å². The molecule has 0 heterocycles. The molecule has 106 valence electrons. The number of amides is 1. The zero-order chi connectivity index (χ0) is 14.6. The smallest absolute Gasteiger partial charge is 0.230 e. The molecule has 0 radical (unpaired) electrons. The van der Waals surface area contributed by atoms with Gasteiger partial charge in [-0.3, -0.25) is 4.79 Å². The molecule has 1 N–H and O–H groups in total. The van der Waals surface area contributed by atoms with Gasteiger partial charge in [0.25, 0.3) is 0 Å². The molecule has 1 atom stereocenters. The number of carbonyl (C=O) groups excluding carboxylic acids is 1. The Labute approximate surface area is 117 Å². The van der Waals surface area contributed by atoms with Crippen LogP contribution in [0.15, 0.2) is 24.3 Å².